The second-order valence-corrected chi connectivity index (χ2v) is 14.8. The van der Waals surface area contributed by atoms with Gasteiger partial charge in [-0.3, -0.25) is 14.4 Å². The van der Waals surface area contributed by atoms with Gasteiger partial charge in [-0.25, -0.2) is 17.2 Å². The van der Waals surface area contributed by atoms with Crippen molar-refractivity contribution in [2.75, 3.05) is 38.2 Å². The van der Waals surface area contributed by atoms with E-state index in [0.717, 1.165) is 31.2 Å². The largest absolute Gasteiger partial charge is 0.390 e. The fraction of sp³-hybridized carbons (Fsp3) is 0.559. The Morgan fingerprint density at radius 3 is 2.06 bits per heavy atom. The fourth-order valence-corrected chi connectivity index (χ4v) is 5.75. The van der Waals surface area contributed by atoms with Crippen molar-refractivity contribution in [2.45, 2.75) is 78.5 Å². The number of hydrogen-bond donors (Lipinski definition) is 4. The SMILES string of the molecule is CCCN(CCC)C(=O)c1cc(C)cc(C(=O)NC(Cc2cc(F)cc(F)c2)C(O)CN[C@@H](CCS(C)(=O)=O)C(=O)NCC(C)C)c1. The quantitative estimate of drug-likeness (QED) is 0.178. The highest BCUT2D eigenvalue weighted by molar-refractivity contribution is 7.90. The second kappa shape index (κ2) is 18.8. The molecule has 2 rings (SSSR count). The molecule has 2 unspecified atom stereocenters. The lowest BCUT2D eigenvalue weighted by Gasteiger charge is -2.27. The molecular formula is C34H50F2N4O6S. The summed E-state index contributed by atoms with van der Waals surface area (Å²) in [4.78, 5) is 41.5. The van der Waals surface area contributed by atoms with Crippen LogP contribution in [-0.4, -0.2) is 92.5 Å². The molecule has 0 heterocycles. The average molecular weight is 681 g/mol. The van der Waals surface area contributed by atoms with Crippen LogP contribution in [0.15, 0.2) is 36.4 Å². The number of nitrogens with one attached hydrogen (secondary N) is 3. The predicted octanol–water partition coefficient (Wildman–Crippen LogP) is 3.40. The number of hydrogen-bond acceptors (Lipinski definition) is 7. The van der Waals surface area contributed by atoms with Gasteiger partial charge < -0.3 is 26.0 Å². The molecule has 2 aromatic rings. The Morgan fingerprint density at radius 1 is 0.915 bits per heavy atom. The molecular weight excluding hydrogens is 630 g/mol. The van der Waals surface area contributed by atoms with E-state index in [0.29, 0.717) is 36.8 Å². The zero-order valence-electron chi connectivity index (χ0n) is 28.2. The van der Waals surface area contributed by atoms with Crippen molar-refractivity contribution < 1.29 is 36.7 Å². The van der Waals surface area contributed by atoms with Gasteiger partial charge in [0, 0.05) is 49.6 Å². The van der Waals surface area contributed by atoms with Gasteiger partial charge in [-0.2, -0.15) is 0 Å². The molecule has 0 radical (unpaired) electrons. The van der Waals surface area contributed by atoms with E-state index in [2.05, 4.69) is 16.0 Å². The van der Waals surface area contributed by atoms with Gasteiger partial charge in [-0.05, 0) is 80.0 Å². The molecule has 47 heavy (non-hydrogen) atoms. The lowest BCUT2D eigenvalue weighted by molar-refractivity contribution is -0.123. The molecule has 0 bridgehead atoms. The number of carbonyl (C=O) groups excluding carboxylic acids is 3. The van der Waals surface area contributed by atoms with Crippen LogP contribution in [0, 0.1) is 24.5 Å². The van der Waals surface area contributed by atoms with Gasteiger partial charge in [0.15, 0.2) is 0 Å². The van der Waals surface area contributed by atoms with Crippen molar-refractivity contribution >= 4 is 27.6 Å². The van der Waals surface area contributed by atoms with Gasteiger partial charge >= 0.3 is 0 Å². The molecule has 13 heteroatoms. The maximum absolute atomic E-state index is 14.1. The average Bonchev–Trinajstić information content (AvgIpc) is 2.97. The Balaban J connectivity index is 2.36. The van der Waals surface area contributed by atoms with Crippen molar-refractivity contribution in [1.29, 1.82) is 0 Å². The molecule has 0 aliphatic carbocycles. The maximum atomic E-state index is 14.1. The summed E-state index contributed by atoms with van der Waals surface area (Å²) in [6.07, 6.45) is 0.995. The lowest BCUT2D eigenvalue weighted by Crippen LogP contribution is -2.53. The van der Waals surface area contributed by atoms with E-state index in [1.165, 1.54) is 6.07 Å². The number of nitrogens with zero attached hydrogens (tertiary/aromatic N) is 1. The molecule has 262 valence electrons. The van der Waals surface area contributed by atoms with Crippen molar-refractivity contribution in [3.63, 3.8) is 0 Å². The van der Waals surface area contributed by atoms with Crippen molar-refractivity contribution in [3.8, 4) is 0 Å². The standard InChI is InChI=1S/C34H50F2N4O6S/c1-7-10-40(11-8-2)34(44)26-14-23(5)13-25(18-26)32(42)39-30(17-24-15-27(35)19-28(36)16-24)31(41)21-37-29(9-12-47(6,45)46)33(43)38-20-22(3)4/h13-16,18-19,22,29-31,37,41H,7-12,17,20-21H2,1-6H3,(H,38,43)(H,39,42)/t29-,30?,31?/m0/s1. The van der Waals surface area contributed by atoms with Gasteiger partial charge in [0.1, 0.15) is 21.5 Å². The minimum atomic E-state index is -3.40. The van der Waals surface area contributed by atoms with Crippen molar-refractivity contribution in [3.05, 3.63) is 70.3 Å². The molecule has 2 aromatic carbocycles. The van der Waals surface area contributed by atoms with E-state index >= 15 is 0 Å². The van der Waals surface area contributed by atoms with E-state index in [-0.39, 0.29) is 48.1 Å². The highest BCUT2D eigenvalue weighted by Gasteiger charge is 2.27. The highest BCUT2D eigenvalue weighted by atomic mass is 32.2. The summed E-state index contributed by atoms with van der Waals surface area (Å²) in [5.74, 6) is -3.06. The third-order valence-electron chi connectivity index (χ3n) is 7.37. The van der Waals surface area contributed by atoms with E-state index in [1.807, 2.05) is 27.7 Å². The number of aliphatic hydroxyl groups excluding tert-OH is 1. The first-order valence-corrected chi connectivity index (χ1v) is 18.1. The molecule has 0 saturated heterocycles. The minimum absolute atomic E-state index is 0.0607. The van der Waals surface area contributed by atoms with Gasteiger partial charge in [-0.15, -0.1) is 0 Å². The predicted molar refractivity (Wildman–Crippen MR) is 179 cm³/mol. The van der Waals surface area contributed by atoms with Crippen LogP contribution in [0.25, 0.3) is 0 Å². The zero-order chi connectivity index (χ0) is 35.3. The summed E-state index contributed by atoms with van der Waals surface area (Å²) in [6, 6.07) is 5.61. The Hall–Kier alpha value is -3.42. The summed E-state index contributed by atoms with van der Waals surface area (Å²) < 4.78 is 51.8. The maximum Gasteiger partial charge on any atom is 0.253 e. The third-order valence-corrected chi connectivity index (χ3v) is 8.35. The van der Waals surface area contributed by atoms with Gasteiger partial charge in [-0.1, -0.05) is 27.7 Å². The molecule has 0 aliphatic heterocycles. The van der Waals surface area contributed by atoms with Crippen LogP contribution in [0.1, 0.15) is 78.8 Å². The van der Waals surface area contributed by atoms with Crippen LogP contribution < -0.4 is 16.0 Å². The van der Waals surface area contributed by atoms with Gasteiger partial charge in [0.2, 0.25) is 5.91 Å². The Morgan fingerprint density at radius 2 is 1.51 bits per heavy atom. The van der Waals surface area contributed by atoms with Crippen molar-refractivity contribution in [1.82, 2.24) is 20.9 Å². The summed E-state index contributed by atoms with van der Waals surface area (Å²) >= 11 is 0. The molecule has 3 amide bonds. The first-order chi connectivity index (χ1) is 22.0. The molecule has 4 N–H and O–H groups in total. The van der Waals surface area contributed by atoms with E-state index in [1.54, 1.807) is 24.0 Å². The van der Waals surface area contributed by atoms with Crippen LogP contribution in [0.3, 0.4) is 0 Å². The van der Waals surface area contributed by atoms with Crippen LogP contribution in [0.2, 0.25) is 0 Å². The van der Waals surface area contributed by atoms with Crippen LogP contribution in [0.5, 0.6) is 0 Å². The van der Waals surface area contributed by atoms with E-state index in [4.69, 9.17) is 0 Å². The zero-order valence-corrected chi connectivity index (χ0v) is 29.1. The smallest absolute Gasteiger partial charge is 0.253 e. The topological polar surface area (TPSA) is 145 Å². The Labute approximate surface area is 277 Å². The molecule has 0 aliphatic rings. The molecule has 3 atom stereocenters. The monoisotopic (exact) mass is 680 g/mol. The lowest BCUT2D eigenvalue weighted by atomic mass is 9.99. The van der Waals surface area contributed by atoms with Crippen LogP contribution in [0.4, 0.5) is 8.78 Å². The minimum Gasteiger partial charge on any atom is -0.390 e. The van der Waals surface area contributed by atoms with Gasteiger partial charge in [0.05, 0.1) is 23.9 Å². The number of rotatable bonds is 19. The summed E-state index contributed by atoms with van der Waals surface area (Å²) in [7, 11) is -3.40. The molecule has 0 aromatic heterocycles. The molecule has 10 nitrogen and oxygen atoms in total. The summed E-state index contributed by atoms with van der Waals surface area (Å²) in [5, 5.41) is 19.7. The normalized spacial score (nSPS) is 13.6. The first kappa shape index (κ1) is 39.8. The van der Waals surface area contributed by atoms with Crippen molar-refractivity contribution in [2.24, 2.45) is 5.92 Å². The summed E-state index contributed by atoms with van der Waals surface area (Å²) in [5.41, 5.74) is 1.34. The van der Waals surface area contributed by atoms with Crippen LogP contribution >= 0.6 is 0 Å². The number of carbonyl (C=O) groups is 3. The van der Waals surface area contributed by atoms with Gasteiger partial charge in [0.25, 0.3) is 11.8 Å². The second-order valence-electron chi connectivity index (χ2n) is 12.5. The number of aliphatic hydroxyl groups is 1. The van der Waals surface area contributed by atoms with Crippen LogP contribution in [-0.2, 0) is 21.1 Å². The molecule has 0 fully saturated rings. The fourth-order valence-electron chi connectivity index (χ4n) is 5.08. The Kier molecular flexibility index (Phi) is 15.9. The Bertz CT molecular complexity index is 1440. The number of benzene rings is 2. The highest BCUT2D eigenvalue weighted by Crippen LogP contribution is 2.16. The third kappa shape index (κ3) is 14.1. The van der Waals surface area contributed by atoms with E-state index < -0.39 is 51.5 Å². The first-order valence-electron chi connectivity index (χ1n) is 16.1. The molecule has 0 spiro atoms. The van der Waals surface area contributed by atoms with E-state index in [9.17, 15) is 36.7 Å². The molecule has 0 saturated carbocycles. The summed E-state index contributed by atoms with van der Waals surface area (Å²) in [6.45, 7) is 10.7. The number of sulfone groups is 1. The number of halogens is 2. The number of aryl methyl sites for hydroxylation is 1. The number of amides is 3.